The van der Waals surface area contributed by atoms with Crippen LogP contribution in [0.15, 0.2) is 22.6 Å². The van der Waals surface area contributed by atoms with E-state index in [0.29, 0.717) is 55.0 Å². The van der Waals surface area contributed by atoms with Crippen LogP contribution in [0.2, 0.25) is 0 Å². The van der Waals surface area contributed by atoms with E-state index in [4.69, 9.17) is 4.42 Å². The van der Waals surface area contributed by atoms with Gasteiger partial charge in [0.1, 0.15) is 5.52 Å². The zero-order valence-corrected chi connectivity index (χ0v) is 18.5. The first-order chi connectivity index (χ1) is 13.6. The van der Waals surface area contributed by atoms with Crippen molar-refractivity contribution < 1.29 is 17.6 Å². The van der Waals surface area contributed by atoms with Gasteiger partial charge < -0.3 is 9.73 Å². The summed E-state index contributed by atoms with van der Waals surface area (Å²) in [6.45, 7) is 8.90. The van der Waals surface area contributed by atoms with E-state index in [1.807, 2.05) is 45.9 Å². The molecule has 1 aliphatic rings. The molecule has 160 valence electrons. The molecule has 1 aliphatic heterocycles. The summed E-state index contributed by atoms with van der Waals surface area (Å²) in [6, 6.07) is 5.44. The van der Waals surface area contributed by atoms with E-state index < -0.39 is 10.0 Å². The molecule has 8 heteroatoms. The molecule has 1 saturated heterocycles. The lowest BCUT2D eigenvalue weighted by Crippen LogP contribution is -2.42. The van der Waals surface area contributed by atoms with Crippen molar-refractivity contribution in [2.45, 2.75) is 58.8 Å². The van der Waals surface area contributed by atoms with Crippen LogP contribution >= 0.6 is 0 Å². The van der Waals surface area contributed by atoms with E-state index in [2.05, 4.69) is 10.3 Å². The summed E-state index contributed by atoms with van der Waals surface area (Å²) < 4.78 is 32.0. The van der Waals surface area contributed by atoms with Gasteiger partial charge in [-0.25, -0.2) is 17.7 Å². The van der Waals surface area contributed by atoms with Crippen LogP contribution in [-0.4, -0.2) is 42.5 Å². The van der Waals surface area contributed by atoms with Gasteiger partial charge >= 0.3 is 0 Å². The number of aromatic nitrogens is 1. The smallest absolute Gasteiger partial charge is 0.227 e. The van der Waals surface area contributed by atoms with Gasteiger partial charge in [-0.3, -0.25) is 4.79 Å². The summed E-state index contributed by atoms with van der Waals surface area (Å²) in [5, 5.41) is 2.95. The molecule has 1 aromatic carbocycles. The van der Waals surface area contributed by atoms with Crippen LogP contribution in [0.4, 0.5) is 5.69 Å². The third-order valence-electron chi connectivity index (χ3n) is 5.27. The lowest BCUT2D eigenvalue weighted by Gasteiger charge is -2.30. The molecule has 1 aromatic heterocycles. The van der Waals surface area contributed by atoms with Crippen molar-refractivity contribution in [2.24, 2.45) is 5.92 Å². The predicted octanol–water partition coefficient (Wildman–Crippen LogP) is 3.91. The Hall–Kier alpha value is -1.93. The van der Waals surface area contributed by atoms with Gasteiger partial charge in [-0.05, 0) is 37.5 Å². The van der Waals surface area contributed by atoms with Crippen molar-refractivity contribution in [3.63, 3.8) is 0 Å². The Morgan fingerprint density at radius 2 is 1.97 bits per heavy atom. The minimum absolute atomic E-state index is 0.0745. The van der Waals surface area contributed by atoms with Gasteiger partial charge in [-0.15, -0.1) is 0 Å². The molecule has 0 bridgehead atoms. The number of unbranched alkanes of at least 4 members (excludes halogenated alkanes) is 1. The second kappa shape index (κ2) is 8.44. The van der Waals surface area contributed by atoms with Crippen LogP contribution < -0.4 is 5.32 Å². The van der Waals surface area contributed by atoms with Gasteiger partial charge in [-0.2, -0.15) is 0 Å². The summed E-state index contributed by atoms with van der Waals surface area (Å²) in [4.78, 5) is 17.2. The third-order valence-corrected chi connectivity index (χ3v) is 7.23. The highest BCUT2D eigenvalue weighted by molar-refractivity contribution is 7.89. The summed E-state index contributed by atoms with van der Waals surface area (Å²) in [7, 11) is -3.20. The SMILES string of the molecule is CCCCS(=O)(=O)N1CCC(C(=O)Nc2ccc3oc(C(C)(C)C)nc3c2)CC1. The Morgan fingerprint density at radius 3 is 2.59 bits per heavy atom. The van der Waals surface area contributed by atoms with Crippen molar-refractivity contribution in [2.75, 3.05) is 24.2 Å². The molecule has 2 aromatic rings. The Labute approximate surface area is 172 Å². The first-order valence-corrected chi connectivity index (χ1v) is 11.9. The highest BCUT2D eigenvalue weighted by Gasteiger charge is 2.31. The number of nitrogens with one attached hydrogen (secondary N) is 1. The number of amides is 1. The highest BCUT2D eigenvalue weighted by Crippen LogP contribution is 2.28. The number of hydrogen-bond acceptors (Lipinski definition) is 5. The molecule has 0 saturated carbocycles. The molecule has 1 N–H and O–H groups in total. The molecule has 1 amide bonds. The molecule has 7 nitrogen and oxygen atoms in total. The molecular weight excluding hydrogens is 390 g/mol. The van der Waals surface area contributed by atoms with Crippen molar-refractivity contribution in [3.05, 3.63) is 24.1 Å². The zero-order valence-electron chi connectivity index (χ0n) is 17.7. The summed E-state index contributed by atoms with van der Waals surface area (Å²) >= 11 is 0. The molecule has 1 fully saturated rings. The lowest BCUT2D eigenvalue weighted by atomic mass is 9.97. The van der Waals surface area contributed by atoms with E-state index in [9.17, 15) is 13.2 Å². The monoisotopic (exact) mass is 421 g/mol. The van der Waals surface area contributed by atoms with Crippen LogP contribution in [-0.2, 0) is 20.2 Å². The molecule has 2 heterocycles. The number of piperidine rings is 1. The maximum atomic E-state index is 12.7. The van der Waals surface area contributed by atoms with Crippen molar-refractivity contribution in [1.29, 1.82) is 0 Å². The average Bonchev–Trinajstić information content (AvgIpc) is 3.10. The minimum atomic E-state index is -3.20. The quantitative estimate of drug-likeness (QED) is 0.763. The number of nitrogens with zero attached hydrogens (tertiary/aromatic N) is 2. The van der Waals surface area contributed by atoms with E-state index in [-0.39, 0.29) is 23.0 Å². The number of carbonyl (C=O) groups is 1. The molecular formula is C21H31N3O4S. The third kappa shape index (κ3) is 5.17. The first kappa shape index (κ1) is 21.8. The zero-order chi connectivity index (χ0) is 21.2. The van der Waals surface area contributed by atoms with Gasteiger partial charge in [0.2, 0.25) is 21.8 Å². The molecule has 0 atom stereocenters. The Morgan fingerprint density at radius 1 is 1.28 bits per heavy atom. The predicted molar refractivity (Wildman–Crippen MR) is 114 cm³/mol. The van der Waals surface area contributed by atoms with Gasteiger partial charge in [0.15, 0.2) is 5.58 Å². The average molecular weight is 422 g/mol. The topological polar surface area (TPSA) is 92.5 Å². The maximum Gasteiger partial charge on any atom is 0.227 e. The fourth-order valence-corrected chi connectivity index (χ4v) is 5.10. The summed E-state index contributed by atoms with van der Waals surface area (Å²) in [5.41, 5.74) is 1.89. The Bertz CT molecular complexity index is 967. The number of fused-ring (bicyclic) bond motifs is 1. The number of carbonyl (C=O) groups excluding carboxylic acids is 1. The molecule has 0 radical (unpaired) electrons. The molecule has 0 aliphatic carbocycles. The maximum absolute atomic E-state index is 12.7. The van der Waals surface area contributed by atoms with Gasteiger partial charge in [0.05, 0.1) is 5.75 Å². The molecule has 0 unspecified atom stereocenters. The number of sulfonamides is 1. The van der Waals surface area contributed by atoms with Crippen LogP contribution in [0.25, 0.3) is 11.1 Å². The highest BCUT2D eigenvalue weighted by atomic mass is 32.2. The second-order valence-electron chi connectivity index (χ2n) is 8.78. The molecule has 29 heavy (non-hydrogen) atoms. The largest absolute Gasteiger partial charge is 0.440 e. The standard InChI is InChI=1S/C21H31N3O4S/c1-5-6-13-29(26,27)24-11-9-15(10-12-24)19(25)22-16-7-8-18-17(14-16)23-20(28-18)21(2,3)4/h7-8,14-15H,5-6,9-13H2,1-4H3,(H,22,25). The molecule has 0 spiro atoms. The van der Waals surface area contributed by atoms with Crippen molar-refractivity contribution >= 4 is 32.7 Å². The Kier molecular flexibility index (Phi) is 6.33. The van der Waals surface area contributed by atoms with Crippen LogP contribution in [0, 0.1) is 5.92 Å². The fourth-order valence-electron chi connectivity index (χ4n) is 3.42. The van der Waals surface area contributed by atoms with E-state index >= 15 is 0 Å². The van der Waals surface area contributed by atoms with Crippen LogP contribution in [0.5, 0.6) is 0 Å². The normalized spacial score (nSPS) is 17.0. The van der Waals surface area contributed by atoms with E-state index in [1.165, 1.54) is 4.31 Å². The number of anilines is 1. The van der Waals surface area contributed by atoms with E-state index in [0.717, 1.165) is 6.42 Å². The second-order valence-corrected chi connectivity index (χ2v) is 10.9. The van der Waals surface area contributed by atoms with Crippen LogP contribution in [0.1, 0.15) is 59.3 Å². The summed E-state index contributed by atoms with van der Waals surface area (Å²) in [5.74, 6) is 0.585. The van der Waals surface area contributed by atoms with Crippen LogP contribution in [0.3, 0.4) is 0 Å². The van der Waals surface area contributed by atoms with Gasteiger partial charge in [0.25, 0.3) is 0 Å². The van der Waals surface area contributed by atoms with E-state index in [1.54, 1.807) is 0 Å². The Balaban J connectivity index is 1.61. The lowest BCUT2D eigenvalue weighted by molar-refractivity contribution is -0.120. The van der Waals surface area contributed by atoms with Crippen molar-refractivity contribution in [1.82, 2.24) is 9.29 Å². The van der Waals surface area contributed by atoms with Crippen molar-refractivity contribution in [3.8, 4) is 0 Å². The number of oxazole rings is 1. The molecule has 3 rings (SSSR count). The minimum Gasteiger partial charge on any atom is -0.440 e. The number of rotatable bonds is 6. The van der Waals surface area contributed by atoms with Gasteiger partial charge in [0, 0.05) is 30.1 Å². The fraction of sp³-hybridized carbons (Fsp3) is 0.619. The number of hydrogen-bond donors (Lipinski definition) is 1. The first-order valence-electron chi connectivity index (χ1n) is 10.3. The number of benzene rings is 1. The van der Waals surface area contributed by atoms with Gasteiger partial charge in [-0.1, -0.05) is 34.1 Å². The summed E-state index contributed by atoms with van der Waals surface area (Å²) in [6.07, 6.45) is 2.60.